The first-order chi connectivity index (χ1) is 8.00. The highest BCUT2D eigenvalue weighted by Gasteiger charge is 2.18. The van der Waals surface area contributed by atoms with Crippen LogP contribution in [0.5, 0.6) is 0 Å². The van der Waals surface area contributed by atoms with Crippen LogP contribution >= 0.6 is 54.8 Å². The quantitative estimate of drug-likeness (QED) is 0.729. The molecule has 1 nitrogen and oxygen atoms in total. The minimum absolute atomic E-state index is 0.632. The number of benzene rings is 1. The topological polar surface area (TPSA) is 20.2 Å². The van der Waals surface area contributed by atoms with E-state index < -0.39 is 6.10 Å². The predicted octanol–water partition coefficient (Wildman–Crippen LogP) is 5.32. The van der Waals surface area contributed by atoms with Crippen LogP contribution < -0.4 is 0 Å². The average Bonchev–Trinajstić information content (AvgIpc) is 2.62. The molecule has 17 heavy (non-hydrogen) atoms. The van der Waals surface area contributed by atoms with Gasteiger partial charge in [-0.2, -0.15) is 0 Å². The Bertz CT molecular complexity index is 534. The van der Waals surface area contributed by atoms with Crippen LogP contribution in [0.4, 0.5) is 0 Å². The molecule has 5 heteroatoms. The molecule has 0 aliphatic rings. The van der Waals surface area contributed by atoms with Crippen molar-refractivity contribution in [1.29, 1.82) is 0 Å². The van der Waals surface area contributed by atoms with Crippen molar-refractivity contribution in [2.75, 3.05) is 0 Å². The molecular formula is C12H9Br2ClOS. The zero-order chi connectivity index (χ0) is 12.6. The van der Waals surface area contributed by atoms with E-state index in [9.17, 15) is 5.11 Å². The van der Waals surface area contributed by atoms with Gasteiger partial charge in [-0.25, -0.2) is 0 Å². The normalized spacial score (nSPS) is 12.8. The Hall–Kier alpha value is 0.130. The van der Waals surface area contributed by atoms with Crippen molar-refractivity contribution in [2.45, 2.75) is 13.0 Å². The van der Waals surface area contributed by atoms with E-state index in [1.807, 2.05) is 25.1 Å². The van der Waals surface area contributed by atoms with Crippen molar-refractivity contribution in [3.05, 3.63) is 53.6 Å². The molecule has 2 aromatic rings. The van der Waals surface area contributed by atoms with Gasteiger partial charge in [0.2, 0.25) is 0 Å². The highest BCUT2D eigenvalue weighted by atomic mass is 79.9. The molecule has 0 bridgehead atoms. The molecule has 1 atom stereocenters. The lowest BCUT2D eigenvalue weighted by molar-refractivity contribution is 0.223. The SMILES string of the molecule is Cc1cccc(C(O)c2cc(Cl)c(Br)s2)c1Br. The number of halogens is 3. The molecule has 1 aromatic heterocycles. The van der Waals surface area contributed by atoms with Crippen LogP contribution in [0.2, 0.25) is 5.02 Å². The van der Waals surface area contributed by atoms with Gasteiger partial charge in [-0.05, 0) is 34.5 Å². The highest BCUT2D eigenvalue weighted by molar-refractivity contribution is 9.11. The minimum Gasteiger partial charge on any atom is -0.383 e. The molecule has 2 rings (SSSR count). The Morgan fingerprint density at radius 2 is 2.06 bits per heavy atom. The molecule has 1 aromatic carbocycles. The highest BCUT2D eigenvalue weighted by Crippen LogP contribution is 2.39. The maximum absolute atomic E-state index is 10.3. The largest absolute Gasteiger partial charge is 0.383 e. The third-order valence-electron chi connectivity index (χ3n) is 2.45. The number of rotatable bonds is 2. The molecule has 1 N–H and O–H groups in total. The van der Waals surface area contributed by atoms with Crippen LogP contribution in [0.25, 0.3) is 0 Å². The van der Waals surface area contributed by atoms with Crippen LogP contribution in [0, 0.1) is 6.92 Å². The van der Waals surface area contributed by atoms with Gasteiger partial charge in [-0.15, -0.1) is 11.3 Å². The second-order valence-corrected chi connectivity index (χ2v) is 7.25. The van der Waals surface area contributed by atoms with Gasteiger partial charge in [0.05, 0.1) is 8.81 Å². The molecule has 0 radical (unpaired) electrons. The first-order valence-electron chi connectivity index (χ1n) is 4.88. The maximum atomic E-state index is 10.3. The Labute approximate surface area is 126 Å². The lowest BCUT2D eigenvalue weighted by atomic mass is 10.1. The van der Waals surface area contributed by atoms with E-state index in [1.54, 1.807) is 6.07 Å². The minimum atomic E-state index is -0.655. The summed E-state index contributed by atoms with van der Waals surface area (Å²) in [6, 6.07) is 7.62. The molecule has 0 amide bonds. The van der Waals surface area contributed by atoms with Gasteiger partial charge in [-0.1, -0.05) is 45.7 Å². The van der Waals surface area contributed by atoms with Crippen LogP contribution in [0.1, 0.15) is 22.1 Å². The standard InChI is InChI=1S/C12H9Br2ClOS/c1-6-3-2-4-7(10(6)13)11(16)9-5-8(15)12(14)17-9/h2-5,11,16H,1H3. The smallest absolute Gasteiger partial charge is 0.114 e. The van der Waals surface area contributed by atoms with E-state index in [0.717, 1.165) is 24.3 Å². The van der Waals surface area contributed by atoms with Gasteiger partial charge in [0.25, 0.3) is 0 Å². The van der Waals surface area contributed by atoms with E-state index in [-0.39, 0.29) is 0 Å². The summed E-state index contributed by atoms with van der Waals surface area (Å²) in [4.78, 5) is 0.827. The maximum Gasteiger partial charge on any atom is 0.114 e. The monoisotopic (exact) mass is 394 g/mol. The Morgan fingerprint density at radius 3 is 2.65 bits per heavy atom. The van der Waals surface area contributed by atoms with Crippen molar-refractivity contribution in [1.82, 2.24) is 0 Å². The van der Waals surface area contributed by atoms with Gasteiger partial charge in [0, 0.05) is 14.9 Å². The second kappa shape index (κ2) is 5.41. The number of aliphatic hydroxyl groups excluding tert-OH is 1. The summed E-state index contributed by atoms with van der Waals surface area (Å²) in [6.45, 7) is 2.00. The number of thiophene rings is 1. The lowest BCUT2D eigenvalue weighted by Gasteiger charge is -2.12. The van der Waals surface area contributed by atoms with Crippen LogP contribution in [0.15, 0.2) is 32.5 Å². The van der Waals surface area contributed by atoms with Gasteiger partial charge in [0.15, 0.2) is 0 Å². The summed E-state index contributed by atoms with van der Waals surface area (Å²) in [6.07, 6.45) is -0.655. The zero-order valence-corrected chi connectivity index (χ0v) is 13.6. The van der Waals surface area contributed by atoms with Gasteiger partial charge in [-0.3, -0.25) is 0 Å². The molecule has 0 saturated carbocycles. The Balaban J connectivity index is 2.43. The molecule has 0 aliphatic heterocycles. The molecule has 90 valence electrons. The van der Waals surface area contributed by atoms with Crippen molar-refractivity contribution >= 4 is 54.8 Å². The van der Waals surface area contributed by atoms with E-state index in [0.29, 0.717) is 5.02 Å². The van der Waals surface area contributed by atoms with E-state index in [1.165, 1.54) is 11.3 Å². The number of aliphatic hydroxyl groups is 1. The molecule has 0 aliphatic carbocycles. The molecular weight excluding hydrogens is 387 g/mol. The van der Waals surface area contributed by atoms with Crippen molar-refractivity contribution in [2.24, 2.45) is 0 Å². The summed E-state index contributed by atoms with van der Waals surface area (Å²) >= 11 is 14.3. The van der Waals surface area contributed by atoms with Crippen LogP contribution in [-0.2, 0) is 0 Å². The third kappa shape index (κ3) is 2.76. The average molecular weight is 397 g/mol. The molecule has 1 heterocycles. The Morgan fingerprint density at radius 1 is 1.35 bits per heavy atom. The van der Waals surface area contributed by atoms with Gasteiger partial charge in [0.1, 0.15) is 6.10 Å². The number of hydrogen-bond acceptors (Lipinski definition) is 2. The Kier molecular flexibility index (Phi) is 4.31. The fraction of sp³-hybridized carbons (Fsp3) is 0.167. The van der Waals surface area contributed by atoms with Gasteiger partial charge >= 0.3 is 0 Å². The molecule has 1 unspecified atom stereocenters. The fourth-order valence-corrected chi connectivity index (χ4v) is 3.77. The third-order valence-corrected chi connectivity index (χ3v) is 6.06. The zero-order valence-electron chi connectivity index (χ0n) is 8.88. The summed E-state index contributed by atoms with van der Waals surface area (Å²) in [5.41, 5.74) is 1.96. The molecule has 0 spiro atoms. The first kappa shape index (κ1) is 13.6. The predicted molar refractivity (Wildman–Crippen MR) is 80.0 cm³/mol. The lowest BCUT2D eigenvalue weighted by Crippen LogP contribution is -1.99. The van der Waals surface area contributed by atoms with Crippen molar-refractivity contribution in [3.63, 3.8) is 0 Å². The van der Waals surface area contributed by atoms with E-state index in [2.05, 4.69) is 31.9 Å². The fourth-order valence-electron chi connectivity index (χ4n) is 1.53. The summed E-state index contributed by atoms with van der Waals surface area (Å²) < 4.78 is 1.78. The summed E-state index contributed by atoms with van der Waals surface area (Å²) in [5, 5.41) is 11.0. The van der Waals surface area contributed by atoms with Crippen LogP contribution in [0.3, 0.4) is 0 Å². The second-order valence-electron chi connectivity index (χ2n) is 3.65. The van der Waals surface area contributed by atoms with Gasteiger partial charge < -0.3 is 5.11 Å². The van der Waals surface area contributed by atoms with E-state index >= 15 is 0 Å². The summed E-state index contributed by atoms with van der Waals surface area (Å²) in [5.74, 6) is 0. The molecule has 0 saturated heterocycles. The summed E-state index contributed by atoms with van der Waals surface area (Å²) in [7, 11) is 0. The van der Waals surface area contributed by atoms with Crippen molar-refractivity contribution < 1.29 is 5.11 Å². The van der Waals surface area contributed by atoms with E-state index in [4.69, 9.17) is 11.6 Å². The van der Waals surface area contributed by atoms with Crippen LogP contribution in [-0.4, -0.2) is 5.11 Å². The number of aryl methyl sites for hydroxylation is 1. The first-order valence-corrected chi connectivity index (χ1v) is 7.66. The van der Waals surface area contributed by atoms with Crippen molar-refractivity contribution in [3.8, 4) is 0 Å². The number of hydrogen-bond donors (Lipinski definition) is 1. The molecule has 0 fully saturated rings.